The van der Waals surface area contributed by atoms with Crippen molar-refractivity contribution in [3.8, 4) is 0 Å². The van der Waals surface area contributed by atoms with E-state index in [1.807, 2.05) is 0 Å². The van der Waals surface area contributed by atoms with Crippen LogP contribution in [0.25, 0.3) is 0 Å². The van der Waals surface area contributed by atoms with Crippen molar-refractivity contribution in [2.24, 2.45) is 0 Å². The Morgan fingerprint density at radius 2 is 1.95 bits per heavy atom. The van der Waals surface area contributed by atoms with Crippen molar-refractivity contribution >= 4 is 28.6 Å². The average Bonchev–Trinajstić information content (AvgIpc) is 2.39. The minimum absolute atomic E-state index is 0.0374. The normalized spacial score (nSPS) is 17.3. The number of benzene rings is 1. The van der Waals surface area contributed by atoms with Crippen LogP contribution >= 0.6 is 12.6 Å². The zero-order valence-corrected chi connectivity index (χ0v) is 11.7. The smallest absolute Gasteiger partial charge is 0.336 e. The number of hydrogen-bond acceptors (Lipinski definition) is 5. The lowest BCUT2D eigenvalue weighted by Gasteiger charge is -2.26. The third-order valence-electron chi connectivity index (χ3n) is 2.81. The molecule has 2 rings (SSSR count). The van der Waals surface area contributed by atoms with Crippen LogP contribution in [0.3, 0.4) is 0 Å². The summed E-state index contributed by atoms with van der Waals surface area (Å²) in [4.78, 5) is 11.2. The minimum atomic E-state index is -3.68. The first-order valence-electron chi connectivity index (χ1n) is 5.57. The van der Waals surface area contributed by atoms with Gasteiger partial charge >= 0.3 is 5.97 Å². The van der Waals surface area contributed by atoms with Crippen LogP contribution in [0.15, 0.2) is 28.0 Å². The van der Waals surface area contributed by atoms with E-state index in [0.717, 1.165) is 6.07 Å². The maximum Gasteiger partial charge on any atom is 0.336 e. The molecule has 0 aromatic heterocycles. The highest BCUT2D eigenvalue weighted by Crippen LogP contribution is 2.22. The molecule has 1 aliphatic rings. The summed E-state index contributed by atoms with van der Waals surface area (Å²) < 4.78 is 31.0. The van der Waals surface area contributed by atoms with E-state index in [1.54, 1.807) is 0 Å². The molecule has 1 N–H and O–H groups in total. The van der Waals surface area contributed by atoms with Gasteiger partial charge in [0.15, 0.2) is 0 Å². The van der Waals surface area contributed by atoms with E-state index >= 15 is 0 Å². The van der Waals surface area contributed by atoms with Gasteiger partial charge in [0, 0.05) is 18.0 Å². The molecule has 0 spiro atoms. The molecule has 0 amide bonds. The molecule has 8 heteroatoms. The van der Waals surface area contributed by atoms with Gasteiger partial charge in [-0.25, -0.2) is 13.2 Å². The number of aromatic carboxylic acids is 1. The monoisotopic (exact) mass is 303 g/mol. The van der Waals surface area contributed by atoms with E-state index < -0.39 is 16.0 Å². The first-order valence-corrected chi connectivity index (χ1v) is 7.46. The third kappa shape index (κ3) is 2.92. The predicted octanol–water partition coefficient (Wildman–Crippen LogP) is 0.694. The molecule has 0 atom stereocenters. The van der Waals surface area contributed by atoms with Crippen molar-refractivity contribution in [3.05, 3.63) is 23.8 Å². The zero-order valence-electron chi connectivity index (χ0n) is 9.94. The van der Waals surface area contributed by atoms with Gasteiger partial charge in [0.05, 0.1) is 23.7 Å². The molecule has 0 unspecified atom stereocenters. The fourth-order valence-electron chi connectivity index (χ4n) is 1.78. The zero-order chi connectivity index (χ0) is 14.0. The molecule has 19 heavy (non-hydrogen) atoms. The lowest BCUT2D eigenvalue weighted by Crippen LogP contribution is -2.40. The largest absolute Gasteiger partial charge is 0.478 e. The highest BCUT2D eigenvalue weighted by Gasteiger charge is 2.27. The lowest BCUT2D eigenvalue weighted by atomic mass is 10.2. The van der Waals surface area contributed by atoms with E-state index in [1.165, 1.54) is 16.4 Å². The second kappa shape index (κ2) is 5.49. The summed E-state index contributed by atoms with van der Waals surface area (Å²) in [5, 5.41) is 8.99. The number of sulfonamides is 1. The Hall–Kier alpha value is -1.09. The molecule has 1 aromatic carbocycles. The van der Waals surface area contributed by atoms with E-state index in [4.69, 9.17) is 9.84 Å². The first-order chi connectivity index (χ1) is 8.93. The van der Waals surface area contributed by atoms with Gasteiger partial charge in [-0.3, -0.25) is 0 Å². The van der Waals surface area contributed by atoms with Crippen molar-refractivity contribution in [3.63, 3.8) is 0 Å². The summed E-state index contributed by atoms with van der Waals surface area (Å²) in [7, 11) is -3.68. The van der Waals surface area contributed by atoms with Gasteiger partial charge < -0.3 is 9.84 Å². The molecular weight excluding hydrogens is 290 g/mol. The summed E-state index contributed by atoms with van der Waals surface area (Å²) >= 11 is 4.00. The van der Waals surface area contributed by atoms with Crippen molar-refractivity contribution in [2.75, 3.05) is 26.3 Å². The van der Waals surface area contributed by atoms with Crippen LogP contribution in [0.5, 0.6) is 0 Å². The van der Waals surface area contributed by atoms with Crippen molar-refractivity contribution in [1.29, 1.82) is 0 Å². The van der Waals surface area contributed by atoms with Crippen LogP contribution in [0.2, 0.25) is 0 Å². The number of carbonyl (C=O) groups is 1. The number of nitrogens with zero attached hydrogens (tertiary/aromatic N) is 1. The summed E-state index contributed by atoms with van der Waals surface area (Å²) in [6.45, 7) is 1.23. The van der Waals surface area contributed by atoms with Crippen molar-refractivity contribution in [2.45, 2.75) is 9.79 Å². The molecule has 0 saturated carbocycles. The Kier molecular flexibility index (Phi) is 4.14. The first kappa shape index (κ1) is 14.3. The molecule has 1 heterocycles. The van der Waals surface area contributed by atoms with Crippen molar-refractivity contribution in [1.82, 2.24) is 4.31 Å². The molecule has 1 fully saturated rings. The van der Waals surface area contributed by atoms with Crippen LogP contribution in [-0.4, -0.2) is 50.1 Å². The number of carboxylic acids is 1. The van der Waals surface area contributed by atoms with E-state index in [0.29, 0.717) is 13.2 Å². The standard InChI is InChI=1S/C11H13NO5S2/c13-11(14)9-7-8(1-2-10(9)18)19(15,16)12-3-5-17-6-4-12/h1-2,7,18H,3-6H2,(H,13,14). The summed E-state index contributed by atoms with van der Waals surface area (Å²) in [6, 6.07) is 3.87. The molecule has 0 aliphatic carbocycles. The molecule has 6 nitrogen and oxygen atoms in total. The highest BCUT2D eigenvalue weighted by atomic mass is 32.2. The second-order valence-electron chi connectivity index (χ2n) is 4.00. The number of thiol groups is 1. The molecule has 1 aliphatic heterocycles. The van der Waals surface area contributed by atoms with E-state index in [9.17, 15) is 13.2 Å². The van der Waals surface area contributed by atoms with Gasteiger partial charge in [0.1, 0.15) is 0 Å². The van der Waals surface area contributed by atoms with Gasteiger partial charge in [-0.05, 0) is 18.2 Å². The molecule has 0 radical (unpaired) electrons. The molecular formula is C11H13NO5S2. The number of morpholine rings is 1. The van der Waals surface area contributed by atoms with Crippen LogP contribution in [0.4, 0.5) is 0 Å². The van der Waals surface area contributed by atoms with Crippen molar-refractivity contribution < 1.29 is 23.1 Å². The van der Waals surface area contributed by atoms with Gasteiger partial charge in [-0.2, -0.15) is 4.31 Å². The number of hydrogen-bond donors (Lipinski definition) is 2. The summed E-state index contributed by atoms with van der Waals surface area (Å²) in [6.07, 6.45) is 0. The highest BCUT2D eigenvalue weighted by molar-refractivity contribution is 7.89. The summed E-state index contributed by atoms with van der Waals surface area (Å²) in [5.74, 6) is -1.20. The SMILES string of the molecule is O=C(O)c1cc(S(=O)(=O)N2CCOCC2)ccc1S. The van der Waals surface area contributed by atoms with Crippen LogP contribution in [-0.2, 0) is 14.8 Å². The Labute approximate surface area is 116 Å². The predicted molar refractivity (Wildman–Crippen MR) is 70.2 cm³/mol. The van der Waals surface area contributed by atoms with Gasteiger partial charge in [-0.1, -0.05) is 0 Å². The topological polar surface area (TPSA) is 83.9 Å². The van der Waals surface area contributed by atoms with Crippen LogP contribution in [0, 0.1) is 0 Å². The average molecular weight is 303 g/mol. The maximum absolute atomic E-state index is 12.3. The van der Waals surface area contributed by atoms with Gasteiger partial charge in [0.25, 0.3) is 0 Å². The third-order valence-corrected chi connectivity index (χ3v) is 5.09. The Balaban J connectivity index is 2.40. The second-order valence-corrected chi connectivity index (χ2v) is 6.42. The molecule has 1 aromatic rings. The molecule has 0 bridgehead atoms. The Morgan fingerprint density at radius 3 is 2.53 bits per heavy atom. The van der Waals surface area contributed by atoms with Gasteiger partial charge in [-0.15, -0.1) is 12.6 Å². The number of ether oxygens (including phenoxy) is 1. The van der Waals surface area contributed by atoms with Crippen LogP contribution in [0.1, 0.15) is 10.4 Å². The maximum atomic E-state index is 12.3. The quantitative estimate of drug-likeness (QED) is 0.803. The molecule has 104 valence electrons. The lowest BCUT2D eigenvalue weighted by molar-refractivity contribution is 0.0692. The van der Waals surface area contributed by atoms with Gasteiger partial charge in [0.2, 0.25) is 10.0 Å². The van der Waals surface area contributed by atoms with Crippen LogP contribution < -0.4 is 0 Å². The summed E-state index contributed by atoms with van der Waals surface area (Å²) in [5.41, 5.74) is -0.127. The fraction of sp³-hybridized carbons (Fsp3) is 0.364. The Morgan fingerprint density at radius 1 is 1.32 bits per heavy atom. The Bertz CT molecular complexity index is 593. The fourth-order valence-corrected chi connectivity index (χ4v) is 3.45. The van der Waals surface area contributed by atoms with E-state index in [-0.39, 0.29) is 28.4 Å². The molecule has 1 saturated heterocycles. The van der Waals surface area contributed by atoms with E-state index in [2.05, 4.69) is 12.6 Å². The minimum Gasteiger partial charge on any atom is -0.478 e. The number of carboxylic acid groups (broad SMARTS) is 1. The number of rotatable bonds is 3.